The molecule has 1 N–H and O–H groups in total. The fourth-order valence-corrected chi connectivity index (χ4v) is 2.97. The predicted molar refractivity (Wildman–Crippen MR) is 101 cm³/mol. The first kappa shape index (κ1) is 16.6. The number of aromatic nitrogens is 2. The molecule has 0 spiro atoms. The lowest BCUT2D eigenvalue weighted by molar-refractivity contribution is -0.384. The molecule has 0 aliphatic rings. The van der Waals surface area contributed by atoms with Crippen molar-refractivity contribution in [3.63, 3.8) is 0 Å². The number of hydrogen-bond acceptors (Lipinski definition) is 4. The van der Waals surface area contributed by atoms with Gasteiger partial charge in [0, 0.05) is 59.8 Å². The molecule has 2 aromatic heterocycles. The van der Waals surface area contributed by atoms with Gasteiger partial charge >= 0.3 is 5.97 Å². The van der Waals surface area contributed by atoms with Crippen LogP contribution in [-0.4, -0.2) is 20.4 Å². The SMILES string of the molecule is Cn1ccc2cc(OC(=O)c3ccc([N+](=O)[O-])cc3)c(-c3cc[nH]c3)cc21. The van der Waals surface area contributed by atoms with Gasteiger partial charge in [-0.1, -0.05) is 0 Å². The molecule has 0 unspecified atom stereocenters. The maximum atomic E-state index is 12.6. The molecule has 7 nitrogen and oxygen atoms in total. The van der Waals surface area contributed by atoms with Gasteiger partial charge in [0.25, 0.3) is 5.69 Å². The Labute approximate surface area is 154 Å². The Hall–Kier alpha value is -3.87. The van der Waals surface area contributed by atoms with E-state index in [9.17, 15) is 14.9 Å². The van der Waals surface area contributed by atoms with Crippen LogP contribution in [0.1, 0.15) is 10.4 Å². The number of non-ortho nitro benzene ring substituents is 1. The summed E-state index contributed by atoms with van der Waals surface area (Å²) >= 11 is 0. The monoisotopic (exact) mass is 361 g/mol. The second-order valence-corrected chi connectivity index (χ2v) is 6.13. The van der Waals surface area contributed by atoms with Crippen LogP contribution in [0.4, 0.5) is 5.69 Å². The van der Waals surface area contributed by atoms with Gasteiger partial charge in [-0.25, -0.2) is 4.79 Å². The number of H-pyrrole nitrogens is 1. The van der Waals surface area contributed by atoms with Gasteiger partial charge in [0.1, 0.15) is 5.75 Å². The second-order valence-electron chi connectivity index (χ2n) is 6.13. The molecular formula is C20H15N3O4. The Morgan fingerprint density at radius 2 is 1.93 bits per heavy atom. The Morgan fingerprint density at radius 3 is 2.59 bits per heavy atom. The van der Waals surface area contributed by atoms with Crippen molar-refractivity contribution in [1.29, 1.82) is 0 Å². The number of esters is 1. The van der Waals surface area contributed by atoms with Crippen molar-refractivity contribution in [3.8, 4) is 16.9 Å². The van der Waals surface area contributed by atoms with E-state index < -0.39 is 10.9 Å². The maximum Gasteiger partial charge on any atom is 0.343 e. The van der Waals surface area contributed by atoms with Gasteiger partial charge in [-0.15, -0.1) is 0 Å². The fraction of sp³-hybridized carbons (Fsp3) is 0.0500. The minimum atomic E-state index is -0.572. The van der Waals surface area contributed by atoms with Crippen molar-refractivity contribution < 1.29 is 14.5 Å². The van der Waals surface area contributed by atoms with Crippen molar-refractivity contribution in [2.45, 2.75) is 0 Å². The first-order valence-electron chi connectivity index (χ1n) is 8.22. The number of fused-ring (bicyclic) bond motifs is 1. The number of hydrogen-bond donors (Lipinski definition) is 1. The van der Waals surface area contributed by atoms with Crippen molar-refractivity contribution in [2.24, 2.45) is 7.05 Å². The van der Waals surface area contributed by atoms with E-state index in [1.807, 2.05) is 48.3 Å². The number of rotatable bonds is 4. The highest BCUT2D eigenvalue weighted by Crippen LogP contribution is 2.35. The highest BCUT2D eigenvalue weighted by atomic mass is 16.6. The molecule has 0 radical (unpaired) electrons. The molecule has 2 heterocycles. The third-order valence-electron chi connectivity index (χ3n) is 4.41. The largest absolute Gasteiger partial charge is 0.422 e. The van der Waals surface area contributed by atoms with Crippen LogP contribution in [-0.2, 0) is 7.05 Å². The normalized spacial score (nSPS) is 10.9. The van der Waals surface area contributed by atoms with Crippen molar-refractivity contribution >= 4 is 22.6 Å². The van der Waals surface area contributed by atoms with Gasteiger partial charge in [-0.2, -0.15) is 0 Å². The predicted octanol–water partition coefficient (Wildman–Crippen LogP) is 4.30. The van der Waals surface area contributed by atoms with Gasteiger partial charge in [-0.05, 0) is 36.4 Å². The Morgan fingerprint density at radius 1 is 1.15 bits per heavy atom. The zero-order valence-electron chi connectivity index (χ0n) is 14.4. The van der Waals surface area contributed by atoms with Gasteiger partial charge in [0.2, 0.25) is 0 Å². The number of nitro groups is 1. The summed E-state index contributed by atoms with van der Waals surface area (Å²) < 4.78 is 7.63. The van der Waals surface area contributed by atoms with Crippen LogP contribution in [0.15, 0.2) is 67.1 Å². The number of ether oxygens (including phenoxy) is 1. The third kappa shape index (κ3) is 3.06. The molecule has 0 amide bonds. The van der Waals surface area contributed by atoms with E-state index >= 15 is 0 Å². The summed E-state index contributed by atoms with van der Waals surface area (Å²) in [6.45, 7) is 0. The quantitative estimate of drug-likeness (QED) is 0.254. The molecule has 27 heavy (non-hydrogen) atoms. The van der Waals surface area contributed by atoms with Crippen LogP contribution in [0.25, 0.3) is 22.0 Å². The maximum absolute atomic E-state index is 12.6. The molecule has 0 saturated heterocycles. The van der Waals surface area contributed by atoms with Gasteiger partial charge in [0.15, 0.2) is 0 Å². The average Bonchev–Trinajstić information content (AvgIpc) is 3.31. The fourth-order valence-electron chi connectivity index (χ4n) is 2.97. The topological polar surface area (TPSA) is 90.2 Å². The molecule has 0 saturated carbocycles. The molecule has 4 aromatic rings. The van der Waals surface area contributed by atoms with E-state index in [1.165, 1.54) is 24.3 Å². The summed E-state index contributed by atoms with van der Waals surface area (Å²) in [4.78, 5) is 25.8. The van der Waals surface area contributed by atoms with Crippen LogP contribution >= 0.6 is 0 Å². The van der Waals surface area contributed by atoms with Crippen LogP contribution in [0, 0.1) is 10.1 Å². The van der Waals surface area contributed by atoms with E-state index in [1.54, 1.807) is 6.20 Å². The van der Waals surface area contributed by atoms with Crippen LogP contribution in [0.3, 0.4) is 0 Å². The lowest BCUT2D eigenvalue weighted by atomic mass is 10.1. The summed E-state index contributed by atoms with van der Waals surface area (Å²) in [5.74, 6) is -0.145. The van der Waals surface area contributed by atoms with E-state index in [0.29, 0.717) is 5.75 Å². The number of carbonyl (C=O) groups excluding carboxylic acids is 1. The Bertz CT molecular complexity index is 1140. The summed E-state index contributed by atoms with van der Waals surface area (Å²) in [6.07, 6.45) is 5.56. The van der Waals surface area contributed by atoms with Crippen LogP contribution in [0.5, 0.6) is 5.75 Å². The molecule has 0 aliphatic heterocycles. The lowest BCUT2D eigenvalue weighted by Crippen LogP contribution is -2.09. The van der Waals surface area contributed by atoms with Gasteiger partial charge in [-0.3, -0.25) is 10.1 Å². The number of nitrogens with zero attached hydrogens (tertiary/aromatic N) is 2. The Balaban J connectivity index is 1.73. The highest BCUT2D eigenvalue weighted by Gasteiger charge is 2.16. The molecule has 0 fully saturated rings. The minimum absolute atomic E-state index is 0.0785. The molecule has 0 aliphatic carbocycles. The second kappa shape index (κ2) is 6.45. The molecule has 7 heteroatoms. The minimum Gasteiger partial charge on any atom is -0.422 e. The number of nitrogens with one attached hydrogen (secondary N) is 1. The van der Waals surface area contributed by atoms with E-state index in [0.717, 1.165) is 22.0 Å². The molecule has 0 atom stereocenters. The van der Waals surface area contributed by atoms with Crippen molar-refractivity contribution in [1.82, 2.24) is 9.55 Å². The van der Waals surface area contributed by atoms with Crippen molar-refractivity contribution in [3.05, 3.63) is 82.8 Å². The number of nitro benzene ring substituents is 1. The lowest BCUT2D eigenvalue weighted by Gasteiger charge is -2.11. The number of carbonyl (C=O) groups is 1. The molecule has 134 valence electrons. The number of aryl methyl sites for hydroxylation is 1. The summed E-state index contributed by atoms with van der Waals surface area (Å²) in [5.41, 5.74) is 2.85. The Kier molecular flexibility index (Phi) is 3.97. The van der Waals surface area contributed by atoms with Crippen molar-refractivity contribution in [2.75, 3.05) is 0 Å². The average molecular weight is 361 g/mol. The zero-order valence-corrected chi connectivity index (χ0v) is 14.4. The van der Waals surface area contributed by atoms with E-state index in [2.05, 4.69) is 4.98 Å². The standard InChI is InChI=1S/C20H15N3O4/c1-22-9-7-14-10-19(17(11-18(14)22)15-6-8-21-12-15)27-20(24)13-2-4-16(5-3-13)23(25)26/h2-12,21H,1H3. The first-order chi connectivity index (χ1) is 13.0. The highest BCUT2D eigenvalue weighted by molar-refractivity contribution is 5.95. The number of aromatic amines is 1. The number of benzene rings is 2. The van der Waals surface area contributed by atoms with E-state index in [-0.39, 0.29) is 11.3 Å². The molecule has 2 aromatic carbocycles. The molecule has 0 bridgehead atoms. The molecule has 4 rings (SSSR count). The van der Waals surface area contributed by atoms with Gasteiger partial charge < -0.3 is 14.3 Å². The molecular weight excluding hydrogens is 346 g/mol. The third-order valence-corrected chi connectivity index (χ3v) is 4.41. The summed E-state index contributed by atoms with van der Waals surface area (Å²) in [6, 6.07) is 13.0. The zero-order chi connectivity index (χ0) is 19.0. The smallest absolute Gasteiger partial charge is 0.343 e. The van der Waals surface area contributed by atoms with Gasteiger partial charge in [0.05, 0.1) is 10.5 Å². The summed E-state index contributed by atoms with van der Waals surface area (Å²) in [7, 11) is 1.95. The first-order valence-corrected chi connectivity index (χ1v) is 8.22. The summed E-state index contributed by atoms with van der Waals surface area (Å²) in [5, 5.41) is 11.7. The van der Waals surface area contributed by atoms with E-state index in [4.69, 9.17) is 4.74 Å². The van der Waals surface area contributed by atoms with Crippen LogP contribution < -0.4 is 4.74 Å². The van der Waals surface area contributed by atoms with Crippen LogP contribution in [0.2, 0.25) is 0 Å².